The molecule has 0 atom stereocenters. The fraction of sp³-hybridized carbons (Fsp3) is 0.182. The molecular formula is C11H12N4S. The Bertz CT molecular complexity index is 470. The lowest BCUT2D eigenvalue weighted by atomic mass is 10.3. The fourth-order valence-corrected chi connectivity index (χ4v) is 1.88. The highest BCUT2D eigenvalue weighted by Crippen LogP contribution is 2.22. The Hall–Kier alpha value is -1.46. The van der Waals surface area contributed by atoms with Crippen molar-refractivity contribution in [2.75, 3.05) is 0 Å². The van der Waals surface area contributed by atoms with Gasteiger partial charge in [-0.15, -0.1) is 0 Å². The number of aromatic nitrogens is 3. The second-order valence-corrected chi connectivity index (χ2v) is 4.34. The maximum atomic E-state index is 5.56. The Labute approximate surface area is 98.3 Å². The number of aryl methyl sites for hydroxylation is 1. The number of nitrogens with zero attached hydrogens (tertiary/aromatic N) is 3. The van der Waals surface area contributed by atoms with Crippen molar-refractivity contribution >= 4 is 11.8 Å². The third-order valence-electron chi connectivity index (χ3n) is 1.99. The molecule has 0 spiro atoms. The van der Waals surface area contributed by atoms with Crippen LogP contribution in [0.4, 0.5) is 0 Å². The molecule has 0 aliphatic carbocycles. The molecule has 16 heavy (non-hydrogen) atoms. The highest BCUT2D eigenvalue weighted by molar-refractivity contribution is 7.99. The summed E-state index contributed by atoms with van der Waals surface area (Å²) in [6.07, 6.45) is 5.34. The van der Waals surface area contributed by atoms with Crippen LogP contribution in [0, 0.1) is 6.92 Å². The molecule has 0 aromatic carbocycles. The van der Waals surface area contributed by atoms with Gasteiger partial charge in [-0.05, 0) is 41.9 Å². The van der Waals surface area contributed by atoms with Crippen LogP contribution in [0.25, 0.3) is 0 Å². The van der Waals surface area contributed by atoms with Crippen molar-refractivity contribution < 1.29 is 0 Å². The molecule has 5 heteroatoms. The van der Waals surface area contributed by atoms with Crippen LogP contribution >= 0.6 is 11.8 Å². The first kappa shape index (κ1) is 11.0. The van der Waals surface area contributed by atoms with E-state index in [1.165, 1.54) is 11.8 Å². The first-order valence-corrected chi connectivity index (χ1v) is 5.71. The highest BCUT2D eigenvalue weighted by atomic mass is 32.2. The van der Waals surface area contributed by atoms with Crippen LogP contribution in [-0.2, 0) is 6.54 Å². The Morgan fingerprint density at radius 3 is 2.69 bits per heavy atom. The molecule has 0 bridgehead atoms. The number of hydrogen-bond acceptors (Lipinski definition) is 5. The zero-order chi connectivity index (χ0) is 11.4. The van der Waals surface area contributed by atoms with Gasteiger partial charge in [0.05, 0.1) is 0 Å². The van der Waals surface area contributed by atoms with E-state index in [0.717, 1.165) is 16.2 Å². The number of pyridine rings is 1. The van der Waals surface area contributed by atoms with Crippen LogP contribution < -0.4 is 5.73 Å². The summed E-state index contributed by atoms with van der Waals surface area (Å²) in [6.45, 7) is 2.48. The molecular weight excluding hydrogens is 220 g/mol. The molecule has 0 fully saturated rings. The predicted octanol–water partition coefficient (Wildman–Crippen LogP) is 1.79. The van der Waals surface area contributed by atoms with Gasteiger partial charge in [0, 0.05) is 25.1 Å². The van der Waals surface area contributed by atoms with Crippen molar-refractivity contribution in [2.45, 2.75) is 23.7 Å². The van der Waals surface area contributed by atoms with Crippen molar-refractivity contribution in [3.63, 3.8) is 0 Å². The van der Waals surface area contributed by atoms with Crippen LogP contribution in [0.3, 0.4) is 0 Å². The molecule has 82 valence electrons. The third kappa shape index (κ3) is 2.77. The Morgan fingerprint density at radius 2 is 2.00 bits per heavy atom. The molecule has 0 unspecified atom stereocenters. The van der Waals surface area contributed by atoms with Crippen molar-refractivity contribution in [1.29, 1.82) is 0 Å². The van der Waals surface area contributed by atoms with Gasteiger partial charge >= 0.3 is 0 Å². The number of hydrogen-bond donors (Lipinski definition) is 1. The first-order valence-electron chi connectivity index (χ1n) is 4.89. The summed E-state index contributed by atoms with van der Waals surface area (Å²) in [5, 5.41) is 1.57. The predicted molar refractivity (Wildman–Crippen MR) is 63.0 cm³/mol. The van der Waals surface area contributed by atoms with Gasteiger partial charge in [0.15, 0.2) is 5.16 Å². The maximum absolute atomic E-state index is 5.56. The first-order chi connectivity index (χ1) is 7.78. The third-order valence-corrected chi connectivity index (χ3v) is 2.81. The molecule has 0 saturated heterocycles. The summed E-state index contributed by atoms with van der Waals surface area (Å²) in [7, 11) is 0. The second kappa shape index (κ2) is 5.05. The van der Waals surface area contributed by atoms with Gasteiger partial charge in [0.25, 0.3) is 0 Å². The standard InChI is InChI=1S/C11H12N4S/c1-8-6-14-11(15-7-8)16-10-4-9(5-12)2-3-13-10/h2-4,6-7H,5,12H2,1H3. The van der Waals surface area contributed by atoms with E-state index in [-0.39, 0.29) is 0 Å². The van der Waals surface area contributed by atoms with Gasteiger partial charge in [-0.2, -0.15) is 0 Å². The Kier molecular flexibility index (Phi) is 3.48. The monoisotopic (exact) mass is 232 g/mol. The largest absolute Gasteiger partial charge is 0.326 e. The molecule has 2 heterocycles. The quantitative estimate of drug-likeness (QED) is 0.817. The highest BCUT2D eigenvalue weighted by Gasteiger charge is 2.02. The maximum Gasteiger partial charge on any atom is 0.193 e. The molecule has 4 nitrogen and oxygen atoms in total. The number of nitrogens with two attached hydrogens (primary N) is 1. The van der Waals surface area contributed by atoms with Gasteiger partial charge in [-0.1, -0.05) is 0 Å². The minimum absolute atomic E-state index is 0.519. The minimum atomic E-state index is 0.519. The molecule has 2 aromatic heterocycles. The summed E-state index contributed by atoms with van der Waals surface area (Å²) in [4.78, 5) is 12.7. The van der Waals surface area contributed by atoms with Crippen molar-refractivity contribution in [1.82, 2.24) is 15.0 Å². The smallest absolute Gasteiger partial charge is 0.193 e. The molecule has 2 rings (SSSR count). The van der Waals surface area contributed by atoms with Crippen LogP contribution in [0.2, 0.25) is 0 Å². The zero-order valence-corrected chi connectivity index (χ0v) is 9.74. The van der Waals surface area contributed by atoms with Crippen molar-refractivity contribution in [2.24, 2.45) is 5.73 Å². The normalized spacial score (nSPS) is 10.4. The minimum Gasteiger partial charge on any atom is -0.326 e. The average Bonchev–Trinajstić information content (AvgIpc) is 2.32. The van der Waals surface area contributed by atoms with Crippen LogP contribution in [0.15, 0.2) is 40.9 Å². The fourth-order valence-electron chi connectivity index (χ4n) is 1.16. The van der Waals surface area contributed by atoms with E-state index in [9.17, 15) is 0 Å². The van der Waals surface area contributed by atoms with Gasteiger partial charge in [0.1, 0.15) is 5.03 Å². The molecule has 0 aliphatic heterocycles. The van der Waals surface area contributed by atoms with Crippen LogP contribution in [-0.4, -0.2) is 15.0 Å². The van der Waals surface area contributed by atoms with Crippen molar-refractivity contribution in [3.05, 3.63) is 41.9 Å². The van der Waals surface area contributed by atoms with Crippen molar-refractivity contribution in [3.8, 4) is 0 Å². The lowest BCUT2D eigenvalue weighted by molar-refractivity contribution is 0.941. The summed E-state index contributed by atoms with van der Waals surface area (Å²) in [6, 6.07) is 3.86. The average molecular weight is 232 g/mol. The van der Waals surface area contributed by atoms with Gasteiger partial charge in [0.2, 0.25) is 0 Å². The topological polar surface area (TPSA) is 64.7 Å². The van der Waals surface area contributed by atoms with E-state index in [1.54, 1.807) is 18.6 Å². The van der Waals surface area contributed by atoms with Gasteiger partial charge in [-0.3, -0.25) is 0 Å². The second-order valence-electron chi connectivity index (χ2n) is 3.35. The van der Waals surface area contributed by atoms with E-state index in [2.05, 4.69) is 15.0 Å². The van der Waals surface area contributed by atoms with E-state index in [1.807, 2.05) is 19.1 Å². The van der Waals surface area contributed by atoms with Crippen LogP contribution in [0.1, 0.15) is 11.1 Å². The summed E-state index contributed by atoms with van der Waals surface area (Å²) >= 11 is 1.44. The lowest BCUT2D eigenvalue weighted by Crippen LogP contribution is -1.96. The SMILES string of the molecule is Cc1cnc(Sc2cc(CN)ccn2)nc1. The Morgan fingerprint density at radius 1 is 1.25 bits per heavy atom. The summed E-state index contributed by atoms with van der Waals surface area (Å²) in [5.74, 6) is 0. The zero-order valence-electron chi connectivity index (χ0n) is 8.92. The number of rotatable bonds is 3. The molecule has 0 radical (unpaired) electrons. The van der Waals surface area contributed by atoms with E-state index < -0.39 is 0 Å². The van der Waals surface area contributed by atoms with Gasteiger partial charge in [-0.25, -0.2) is 15.0 Å². The molecule has 0 amide bonds. The molecule has 0 saturated carbocycles. The Balaban J connectivity index is 2.16. The molecule has 2 N–H and O–H groups in total. The van der Waals surface area contributed by atoms with E-state index >= 15 is 0 Å². The summed E-state index contributed by atoms with van der Waals surface area (Å²) in [5.41, 5.74) is 7.67. The van der Waals surface area contributed by atoms with Crippen LogP contribution in [0.5, 0.6) is 0 Å². The molecule has 2 aromatic rings. The summed E-state index contributed by atoms with van der Waals surface area (Å²) < 4.78 is 0. The lowest BCUT2D eigenvalue weighted by Gasteiger charge is -2.01. The van der Waals surface area contributed by atoms with E-state index in [0.29, 0.717) is 11.7 Å². The van der Waals surface area contributed by atoms with Gasteiger partial charge < -0.3 is 5.73 Å². The molecule has 0 aliphatic rings. The van der Waals surface area contributed by atoms with E-state index in [4.69, 9.17) is 5.73 Å².